The van der Waals surface area contributed by atoms with Crippen molar-refractivity contribution in [3.63, 3.8) is 0 Å². The summed E-state index contributed by atoms with van der Waals surface area (Å²) in [5.41, 5.74) is -1.36. The molecule has 0 bridgehead atoms. The number of halogens is 5. The summed E-state index contributed by atoms with van der Waals surface area (Å²) in [5.74, 6) is 0. The van der Waals surface area contributed by atoms with Gasteiger partial charge in [-0.25, -0.2) is 8.78 Å². The van der Waals surface area contributed by atoms with Crippen molar-refractivity contribution in [1.29, 1.82) is 0 Å². The molecule has 0 heterocycles. The molecule has 0 N–H and O–H groups in total. The Morgan fingerprint density at radius 3 is 2.00 bits per heavy atom. The van der Waals surface area contributed by atoms with Crippen LogP contribution in [0.25, 0.3) is 0 Å². The van der Waals surface area contributed by atoms with Gasteiger partial charge in [-0.2, -0.15) is 0 Å². The van der Waals surface area contributed by atoms with Crippen LogP contribution in [0.3, 0.4) is 0 Å². The molecule has 0 nitrogen and oxygen atoms in total. The molecule has 0 aromatic heterocycles. The Kier molecular flexibility index (Phi) is 5.99. The van der Waals surface area contributed by atoms with Crippen LogP contribution in [0.4, 0.5) is 21.7 Å². The average molecular weight is 248 g/mol. The van der Waals surface area contributed by atoms with E-state index in [9.17, 15) is 21.7 Å². The fraction of sp³-hybridized carbons (Fsp3) is 0.250. The van der Waals surface area contributed by atoms with E-state index in [1.165, 1.54) is 6.92 Å². The standard InChI is InChI=1S/C8H7BF5.K/c1-5-2-6(8(10)11)4-7(3-5)9(12,13)14;/h2-4,8H,1H3;/q-1;+1. The molecule has 1 aromatic carbocycles. The molecule has 0 unspecified atom stereocenters. The van der Waals surface area contributed by atoms with Gasteiger partial charge < -0.3 is 12.9 Å². The van der Waals surface area contributed by atoms with Gasteiger partial charge in [0.1, 0.15) is 0 Å². The third kappa shape index (κ3) is 4.52. The van der Waals surface area contributed by atoms with E-state index in [0.717, 1.165) is 12.1 Å². The quantitative estimate of drug-likeness (QED) is 0.510. The zero-order valence-electron chi connectivity index (χ0n) is 8.28. The summed E-state index contributed by atoms with van der Waals surface area (Å²) in [6, 6.07) is 2.42. The number of benzene rings is 1. The first-order valence-corrected chi connectivity index (χ1v) is 3.90. The first-order chi connectivity index (χ1) is 6.30. The van der Waals surface area contributed by atoms with Gasteiger partial charge >= 0.3 is 58.4 Å². The van der Waals surface area contributed by atoms with Crippen LogP contribution in [0.2, 0.25) is 0 Å². The third-order valence-corrected chi connectivity index (χ3v) is 1.75. The average Bonchev–Trinajstić information content (AvgIpc) is 2.01. The van der Waals surface area contributed by atoms with E-state index < -0.39 is 24.4 Å². The summed E-state index contributed by atoms with van der Waals surface area (Å²) >= 11 is 0. The van der Waals surface area contributed by atoms with Gasteiger partial charge in [0.05, 0.1) is 0 Å². The maximum atomic E-state index is 12.2. The Labute approximate surface area is 127 Å². The predicted molar refractivity (Wildman–Crippen MR) is 44.8 cm³/mol. The molecular formula is C8H7BF5K. The molecule has 0 fully saturated rings. The minimum Gasteiger partial charge on any atom is -0.445 e. The van der Waals surface area contributed by atoms with Gasteiger partial charge in [0.2, 0.25) is 0 Å². The summed E-state index contributed by atoms with van der Waals surface area (Å²) < 4.78 is 61.0. The van der Waals surface area contributed by atoms with E-state index in [0.29, 0.717) is 6.07 Å². The molecule has 1 aromatic rings. The Hall–Kier alpha value is 0.571. The van der Waals surface area contributed by atoms with Crippen molar-refractivity contribution < 1.29 is 73.1 Å². The second-order valence-electron chi connectivity index (χ2n) is 3.05. The van der Waals surface area contributed by atoms with Crippen LogP contribution in [-0.2, 0) is 0 Å². The Bertz CT molecular complexity index is 336. The molecule has 0 aliphatic rings. The molecule has 0 spiro atoms. The first-order valence-electron chi connectivity index (χ1n) is 3.90. The SMILES string of the molecule is Cc1cc(C(F)F)cc([B-](F)(F)F)c1.[K+]. The molecule has 0 aliphatic carbocycles. The largest absolute Gasteiger partial charge is 1.00 e. The fourth-order valence-corrected chi connectivity index (χ4v) is 1.16. The molecule has 0 saturated carbocycles. The van der Waals surface area contributed by atoms with Crippen LogP contribution < -0.4 is 56.8 Å². The van der Waals surface area contributed by atoms with Gasteiger partial charge in [0.25, 0.3) is 6.43 Å². The molecule has 7 heteroatoms. The molecule has 0 saturated heterocycles. The van der Waals surface area contributed by atoms with Crippen LogP contribution in [0, 0.1) is 6.92 Å². The van der Waals surface area contributed by atoms with Gasteiger partial charge in [0, 0.05) is 5.56 Å². The predicted octanol–water partition coefficient (Wildman–Crippen LogP) is -0.00898. The summed E-state index contributed by atoms with van der Waals surface area (Å²) in [7, 11) is 0. The second-order valence-corrected chi connectivity index (χ2v) is 3.05. The van der Waals surface area contributed by atoms with Crippen LogP contribution in [0.5, 0.6) is 0 Å². The number of aryl methyl sites for hydroxylation is 1. The Balaban J connectivity index is 0.00000196. The van der Waals surface area contributed by atoms with E-state index in [2.05, 4.69) is 0 Å². The van der Waals surface area contributed by atoms with E-state index in [1.807, 2.05) is 0 Å². The van der Waals surface area contributed by atoms with Crippen LogP contribution in [0.1, 0.15) is 17.6 Å². The van der Waals surface area contributed by atoms with Gasteiger partial charge in [-0.3, -0.25) is 0 Å². The summed E-state index contributed by atoms with van der Waals surface area (Å²) in [5, 5.41) is 0. The van der Waals surface area contributed by atoms with Crippen molar-refractivity contribution in [2.45, 2.75) is 13.3 Å². The Morgan fingerprint density at radius 2 is 1.60 bits per heavy atom. The van der Waals surface area contributed by atoms with Crippen LogP contribution in [-0.4, -0.2) is 6.98 Å². The van der Waals surface area contributed by atoms with Crippen molar-refractivity contribution >= 4 is 12.4 Å². The fourth-order valence-electron chi connectivity index (χ4n) is 1.16. The number of rotatable bonds is 2. The maximum absolute atomic E-state index is 12.2. The van der Waals surface area contributed by atoms with Crippen LogP contribution >= 0.6 is 0 Å². The van der Waals surface area contributed by atoms with E-state index in [-0.39, 0.29) is 56.9 Å². The van der Waals surface area contributed by atoms with E-state index in [1.54, 1.807) is 0 Å². The monoisotopic (exact) mass is 248 g/mol. The zero-order chi connectivity index (χ0) is 10.9. The summed E-state index contributed by atoms with van der Waals surface area (Å²) in [6.07, 6.45) is -2.87. The molecule has 15 heavy (non-hydrogen) atoms. The second kappa shape index (κ2) is 5.77. The van der Waals surface area contributed by atoms with Crippen molar-refractivity contribution in [1.82, 2.24) is 0 Å². The van der Waals surface area contributed by atoms with Gasteiger partial charge in [-0.15, -0.1) is 5.46 Å². The van der Waals surface area contributed by atoms with Crippen molar-refractivity contribution in [2.24, 2.45) is 0 Å². The maximum Gasteiger partial charge on any atom is 1.00 e. The normalized spacial score (nSPS) is 11.4. The number of hydrogen-bond donors (Lipinski definition) is 0. The summed E-state index contributed by atoms with van der Waals surface area (Å²) in [6.45, 7) is -3.85. The molecule has 0 amide bonds. The molecule has 0 radical (unpaired) electrons. The van der Waals surface area contributed by atoms with Gasteiger partial charge in [-0.1, -0.05) is 23.8 Å². The van der Waals surface area contributed by atoms with Gasteiger partial charge in [-0.05, 0) is 6.92 Å². The molecular weight excluding hydrogens is 241 g/mol. The minimum atomic E-state index is -5.20. The van der Waals surface area contributed by atoms with Crippen molar-refractivity contribution in [2.75, 3.05) is 0 Å². The smallest absolute Gasteiger partial charge is 0.445 e. The van der Waals surface area contributed by atoms with Crippen molar-refractivity contribution in [3.05, 3.63) is 29.3 Å². The topological polar surface area (TPSA) is 0 Å². The minimum absolute atomic E-state index is 0. The van der Waals surface area contributed by atoms with E-state index >= 15 is 0 Å². The number of alkyl halides is 2. The van der Waals surface area contributed by atoms with Gasteiger partial charge in [0.15, 0.2) is 0 Å². The summed E-state index contributed by atoms with van der Waals surface area (Å²) in [4.78, 5) is 0. The molecule has 0 atom stereocenters. The molecule has 78 valence electrons. The van der Waals surface area contributed by atoms with E-state index in [4.69, 9.17) is 0 Å². The van der Waals surface area contributed by atoms with Crippen molar-refractivity contribution in [3.8, 4) is 0 Å². The molecule has 1 rings (SSSR count). The molecule has 0 aliphatic heterocycles. The first kappa shape index (κ1) is 15.6. The van der Waals surface area contributed by atoms with Crippen LogP contribution in [0.15, 0.2) is 18.2 Å². The Morgan fingerprint density at radius 1 is 1.07 bits per heavy atom. The number of hydrogen-bond acceptors (Lipinski definition) is 0. The zero-order valence-corrected chi connectivity index (χ0v) is 11.4. The third-order valence-electron chi connectivity index (χ3n) is 1.75.